The molecule has 0 saturated carbocycles. The van der Waals surface area contributed by atoms with Gasteiger partial charge in [-0.3, -0.25) is 14.9 Å². The van der Waals surface area contributed by atoms with Gasteiger partial charge in [-0.1, -0.05) is 12.1 Å². The molecule has 0 N–H and O–H groups in total. The first-order chi connectivity index (χ1) is 16.6. The third-order valence-electron chi connectivity index (χ3n) is 6.19. The van der Waals surface area contributed by atoms with Crippen molar-refractivity contribution in [1.29, 1.82) is 5.26 Å². The molecule has 0 radical (unpaired) electrons. The Balaban J connectivity index is 1.42. The van der Waals surface area contributed by atoms with Crippen LogP contribution in [0.1, 0.15) is 28.9 Å². The highest BCUT2D eigenvalue weighted by atomic mass is 32.2. The van der Waals surface area contributed by atoms with Gasteiger partial charge in [-0.25, -0.2) is 17.9 Å². The number of carbonyl (C=O) groups excluding carboxylic acids is 1. The molecule has 2 aromatic heterocycles. The highest BCUT2D eigenvalue weighted by molar-refractivity contribution is 7.89. The smallest absolute Gasteiger partial charge is 0.289 e. The van der Waals surface area contributed by atoms with Crippen molar-refractivity contribution in [3.63, 3.8) is 0 Å². The normalized spacial score (nSPS) is 14.7. The summed E-state index contributed by atoms with van der Waals surface area (Å²) >= 11 is 0. The van der Waals surface area contributed by atoms with E-state index in [9.17, 15) is 28.6 Å². The zero-order valence-electron chi connectivity index (χ0n) is 19.2. The number of nitro groups is 1. The molecular formula is C22H23N7O5S. The molecule has 4 rings (SSSR count). The van der Waals surface area contributed by atoms with E-state index in [0.29, 0.717) is 17.6 Å². The summed E-state index contributed by atoms with van der Waals surface area (Å²) in [6.07, 6.45) is 2.09. The maximum absolute atomic E-state index is 13.0. The van der Waals surface area contributed by atoms with Crippen LogP contribution in [0.4, 0.5) is 5.69 Å². The highest BCUT2D eigenvalue weighted by Crippen LogP contribution is 2.27. The number of carbonyl (C=O) groups is 1. The third kappa shape index (κ3) is 4.45. The van der Waals surface area contributed by atoms with E-state index in [1.165, 1.54) is 28.7 Å². The Morgan fingerprint density at radius 3 is 2.54 bits per heavy atom. The fourth-order valence-electron chi connectivity index (χ4n) is 4.28. The molecule has 35 heavy (non-hydrogen) atoms. The van der Waals surface area contributed by atoms with Crippen LogP contribution in [0, 0.1) is 35.3 Å². The van der Waals surface area contributed by atoms with Gasteiger partial charge in [-0.2, -0.15) is 14.7 Å². The lowest BCUT2D eigenvalue weighted by molar-refractivity contribution is -0.387. The van der Waals surface area contributed by atoms with E-state index in [1.54, 1.807) is 9.42 Å². The number of aryl methyl sites for hydroxylation is 2. The first-order valence-electron chi connectivity index (χ1n) is 10.9. The lowest BCUT2D eigenvalue weighted by atomic mass is 10.1. The number of fused-ring (bicyclic) bond motifs is 1. The minimum absolute atomic E-state index is 0.0515. The molecular weight excluding hydrogens is 474 g/mol. The van der Waals surface area contributed by atoms with Crippen molar-refractivity contribution in [3.8, 4) is 6.07 Å². The van der Waals surface area contributed by atoms with Gasteiger partial charge in [0.25, 0.3) is 5.69 Å². The van der Waals surface area contributed by atoms with Crippen molar-refractivity contribution < 1.29 is 18.1 Å². The maximum Gasteiger partial charge on any atom is 0.289 e. The molecule has 1 amide bonds. The van der Waals surface area contributed by atoms with Gasteiger partial charge >= 0.3 is 0 Å². The molecule has 0 unspecified atom stereocenters. The van der Waals surface area contributed by atoms with Gasteiger partial charge in [-0.15, -0.1) is 0 Å². The summed E-state index contributed by atoms with van der Waals surface area (Å²) in [5, 5.41) is 24.7. The number of rotatable bonds is 6. The summed E-state index contributed by atoms with van der Waals surface area (Å²) < 4.78 is 28.7. The maximum atomic E-state index is 13.0. The van der Waals surface area contributed by atoms with Gasteiger partial charge in [0.1, 0.15) is 11.6 Å². The largest absolute Gasteiger partial charge is 0.340 e. The second kappa shape index (κ2) is 9.40. The van der Waals surface area contributed by atoms with E-state index in [0.717, 1.165) is 23.0 Å². The summed E-state index contributed by atoms with van der Waals surface area (Å²) in [6.45, 7) is 4.18. The quantitative estimate of drug-likeness (QED) is 0.367. The van der Waals surface area contributed by atoms with E-state index in [2.05, 4.69) is 16.2 Å². The van der Waals surface area contributed by atoms with Gasteiger partial charge < -0.3 is 4.90 Å². The lowest BCUT2D eigenvalue weighted by Gasteiger charge is -2.34. The first-order valence-corrected chi connectivity index (χ1v) is 12.3. The molecule has 13 heteroatoms. The van der Waals surface area contributed by atoms with Crippen LogP contribution >= 0.6 is 0 Å². The standard InChI is InChI=1S/C22H23N7O5S/c1-15-18(16(2)28-22(25-15)17(13-23)14-24-28)7-8-21(30)26-9-11-27(12-10-26)35(33,34)20-6-4-3-5-19(20)29(31)32/h3-6,14H,7-12H2,1-2H3. The van der Waals surface area contributed by atoms with Crippen molar-refractivity contribution in [1.82, 2.24) is 23.8 Å². The molecule has 1 fully saturated rings. The molecule has 0 spiro atoms. The van der Waals surface area contributed by atoms with E-state index in [1.807, 2.05) is 13.8 Å². The molecule has 1 aliphatic heterocycles. The molecule has 0 aliphatic carbocycles. The van der Waals surface area contributed by atoms with Gasteiger partial charge in [0.05, 0.1) is 11.1 Å². The average molecular weight is 498 g/mol. The number of aromatic nitrogens is 3. The van der Waals surface area contributed by atoms with Crippen LogP contribution in [-0.2, 0) is 21.2 Å². The number of hydrogen-bond acceptors (Lipinski definition) is 8. The van der Waals surface area contributed by atoms with Crippen molar-refractivity contribution in [2.24, 2.45) is 0 Å². The fraction of sp³-hybridized carbons (Fsp3) is 0.364. The first kappa shape index (κ1) is 24.2. The van der Waals surface area contributed by atoms with Crippen molar-refractivity contribution in [2.45, 2.75) is 31.6 Å². The van der Waals surface area contributed by atoms with Crippen LogP contribution in [-0.4, -0.2) is 69.2 Å². The Morgan fingerprint density at radius 1 is 1.20 bits per heavy atom. The summed E-state index contributed by atoms with van der Waals surface area (Å²) in [6, 6.07) is 7.31. The fourth-order valence-corrected chi connectivity index (χ4v) is 5.86. The monoisotopic (exact) mass is 497 g/mol. The predicted molar refractivity (Wildman–Crippen MR) is 124 cm³/mol. The second-order valence-corrected chi connectivity index (χ2v) is 10.1. The highest BCUT2D eigenvalue weighted by Gasteiger charge is 2.34. The number of para-hydroxylation sites is 1. The number of nitriles is 1. The molecule has 1 saturated heterocycles. The van der Waals surface area contributed by atoms with Gasteiger partial charge in [-0.05, 0) is 31.9 Å². The van der Waals surface area contributed by atoms with Crippen LogP contribution < -0.4 is 0 Å². The van der Waals surface area contributed by atoms with Crippen LogP contribution in [0.5, 0.6) is 0 Å². The van der Waals surface area contributed by atoms with E-state index in [-0.39, 0.29) is 43.4 Å². The molecule has 3 aromatic rings. The van der Waals surface area contributed by atoms with Crippen LogP contribution in [0.2, 0.25) is 0 Å². The number of nitro benzene ring substituents is 1. The number of sulfonamides is 1. The number of amides is 1. The van der Waals surface area contributed by atoms with E-state index >= 15 is 0 Å². The van der Waals surface area contributed by atoms with Gasteiger partial charge in [0, 0.05) is 50.1 Å². The SMILES string of the molecule is Cc1nc2c(C#N)cnn2c(C)c1CCC(=O)N1CCN(S(=O)(=O)c2ccccc2[N+](=O)[O-])CC1. The zero-order chi connectivity index (χ0) is 25.3. The van der Waals surface area contributed by atoms with Gasteiger partial charge in [0.2, 0.25) is 15.9 Å². The second-order valence-electron chi connectivity index (χ2n) is 8.18. The van der Waals surface area contributed by atoms with Crippen LogP contribution in [0.15, 0.2) is 35.4 Å². The predicted octanol–water partition coefficient (Wildman–Crippen LogP) is 1.59. The summed E-state index contributed by atoms with van der Waals surface area (Å²) in [5.41, 5.74) is 2.79. The Bertz CT molecular complexity index is 1470. The molecule has 12 nitrogen and oxygen atoms in total. The minimum Gasteiger partial charge on any atom is -0.340 e. The number of piperazine rings is 1. The van der Waals surface area contributed by atoms with Crippen molar-refractivity contribution >= 4 is 27.3 Å². The Hall–Kier alpha value is -3.89. The summed E-state index contributed by atoms with van der Waals surface area (Å²) in [4.78, 5) is 29.1. The van der Waals surface area contributed by atoms with Crippen LogP contribution in [0.3, 0.4) is 0 Å². The van der Waals surface area contributed by atoms with E-state index in [4.69, 9.17) is 0 Å². The number of benzene rings is 1. The number of hydrogen-bond donors (Lipinski definition) is 0. The average Bonchev–Trinajstić information content (AvgIpc) is 3.26. The Labute approximate surface area is 201 Å². The molecule has 182 valence electrons. The zero-order valence-corrected chi connectivity index (χ0v) is 20.0. The summed E-state index contributed by atoms with van der Waals surface area (Å²) in [7, 11) is -4.06. The molecule has 1 aromatic carbocycles. The molecule has 0 atom stereocenters. The van der Waals surface area contributed by atoms with Crippen molar-refractivity contribution in [3.05, 3.63) is 63.1 Å². The van der Waals surface area contributed by atoms with Gasteiger partial charge in [0.15, 0.2) is 10.5 Å². The van der Waals surface area contributed by atoms with Crippen molar-refractivity contribution in [2.75, 3.05) is 26.2 Å². The number of nitrogens with zero attached hydrogens (tertiary/aromatic N) is 7. The Kier molecular flexibility index (Phi) is 6.51. The Morgan fingerprint density at radius 2 is 1.89 bits per heavy atom. The topological polar surface area (TPSA) is 155 Å². The lowest BCUT2D eigenvalue weighted by Crippen LogP contribution is -2.50. The minimum atomic E-state index is -4.06. The molecule has 0 bridgehead atoms. The summed E-state index contributed by atoms with van der Waals surface area (Å²) in [5.74, 6) is -0.121. The van der Waals surface area contributed by atoms with Crippen LogP contribution in [0.25, 0.3) is 5.65 Å². The third-order valence-corrected chi connectivity index (χ3v) is 8.14. The molecule has 3 heterocycles. The molecule has 1 aliphatic rings. The van der Waals surface area contributed by atoms with E-state index < -0.39 is 20.6 Å².